The SMILES string of the molecule is c1ccc(-c2cc3c4c5c2Cc2ccc6c(c25)c2c(cc(-c5ncc7oc8ccccc8c7n5)c(c24)C3)C6)cc1. The van der Waals surface area contributed by atoms with Crippen molar-refractivity contribution in [2.45, 2.75) is 19.3 Å². The van der Waals surface area contributed by atoms with Crippen LogP contribution in [-0.4, -0.2) is 9.97 Å². The van der Waals surface area contributed by atoms with Gasteiger partial charge in [-0.3, -0.25) is 0 Å². The van der Waals surface area contributed by atoms with E-state index >= 15 is 0 Å². The summed E-state index contributed by atoms with van der Waals surface area (Å²) in [5.74, 6) is 0.795. The molecule has 11 rings (SSSR count). The van der Waals surface area contributed by atoms with Crippen molar-refractivity contribution in [2.75, 3.05) is 0 Å². The van der Waals surface area contributed by atoms with E-state index in [0.717, 1.165) is 47.2 Å². The van der Waals surface area contributed by atoms with Crippen molar-refractivity contribution in [3.63, 3.8) is 0 Å². The van der Waals surface area contributed by atoms with Gasteiger partial charge in [0.05, 0.1) is 6.20 Å². The quantitative estimate of drug-likeness (QED) is 0.219. The molecule has 3 nitrogen and oxygen atoms in total. The van der Waals surface area contributed by atoms with E-state index < -0.39 is 0 Å². The highest BCUT2D eigenvalue weighted by Gasteiger charge is 2.34. The van der Waals surface area contributed by atoms with Gasteiger partial charge in [-0.25, -0.2) is 9.97 Å². The lowest BCUT2D eigenvalue weighted by molar-refractivity contribution is 0.666. The average Bonchev–Trinajstić information content (AvgIpc) is 3.75. The van der Waals surface area contributed by atoms with Gasteiger partial charge >= 0.3 is 0 Å². The first-order valence-corrected chi connectivity index (χ1v) is 14.1. The zero-order valence-corrected chi connectivity index (χ0v) is 21.5. The molecule has 0 saturated carbocycles. The molecule has 6 aromatic carbocycles. The van der Waals surface area contributed by atoms with Crippen molar-refractivity contribution in [3.8, 4) is 22.5 Å². The molecule has 184 valence electrons. The minimum Gasteiger partial charge on any atom is -0.453 e. The molecule has 0 atom stereocenters. The van der Waals surface area contributed by atoms with E-state index in [0.29, 0.717) is 0 Å². The molecule has 0 N–H and O–H groups in total. The van der Waals surface area contributed by atoms with E-state index in [1.807, 2.05) is 24.4 Å². The zero-order valence-electron chi connectivity index (χ0n) is 21.5. The van der Waals surface area contributed by atoms with E-state index in [-0.39, 0.29) is 0 Å². The molecule has 0 aliphatic heterocycles. The molecule has 0 radical (unpaired) electrons. The molecule has 0 bridgehead atoms. The van der Waals surface area contributed by atoms with E-state index in [1.54, 1.807) is 0 Å². The lowest BCUT2D eigenvalue weighted by Crippen LogP contribution is -1.96. The third kappa shape index (κ3) is 2.19. The topological polar surface area (TPSA) is 38.9 Å². The predicted octanol–water partition coefficient (Wildman–Crippen LogP) is 8.88. The van der Waals surface area contributed by atoms with Gasteiger partial charge in [0.15, 0.2) is 11.4 Å². The fraction of sp³-hybridized carbons (Fsp3) is 0.0811. The highest BCUT2D eigenvalue weighted by molar-refractivity contribution is 6.34. The van der Waals surface area contributed by atoms with Gasteiger partial charge in [0.25, 0.3) is 0 Å². The summed E-state index contributed by atoms with van der Waals surface area (Å²) >= 11 is 0. The van der Waals surface area contributed by atoms with E-state index in [2.05, 4.69) is 60.7 Å². The highest BCUT2D eigenvalue weighted by Crippen LogP contribution is 2.56. The van der Waals surface area contributed by atoms with Crippen LogP contribution in [0.5, 0.6) is 0 Å². The van der Waals surface area contributed by atoms with Crippen molar-refractivity contribution in [1.82, 2.24) is 9.97 Å². The lowest BCUT2D eigenvalue weighted by Gasteiger charge is -2.13. The number of benzene rings is 6. The molecule has 8 aromatic rings. The molecule has 0 amide bonds. The molecule has 3 aliphatic carbocycles. The van der Waals surface area contributed by atoms with Gasteiger partial charge in [-0.2, -0.15) is 0 Å². The molecule has 0 unspecified atom stereocenters. The van der Waals surface area contributed by atoms with Crippen LogP contribution < -0.4 is 0 Å². The Labute approximate surface area is 228 Å². The second kappa shape index (κ2) is 6.57. The summed E-state index contributed by atoms with van der Waals surface area (Å²) < 4.78 is 6.06. The van der Waals surface area contributed by atoms with Crippen LogP contribution >= 0.6 is 0 Å². The predicted molar refractivity (Wildman–Crippen MR) is 161 cm³/mol. The molecule has 40 heavy (non-hydrogen) atoms. The van der Waals surface area contributed by atoms with Crippen LogP contribution in [0.2, 0.25) is 0 Å². The van der Waals surface area contributed by atoms with Crippen molar-refractivity contribution in [3.05, 3.63) is 118 Å². The standard InChI is InChI=1S/C37H20N2O/c1-2-6-18(7-3-1)24-14-22-15-26-27(37-38-17-29-36(39-37)23-8-4-5-9-28(23)40-29)16-21-12-19-10-11-20-13-25(24)34-31(20)30(19)32(21)35(26)33(22)34/h1-11,14,16-17H,12-13,15H2. The Morgan fingerprint density at radius 3 is 2.10 bits per heavy atom. The van der Waals surface area contributed by atoms with Crippen molar-refractivity contribution in [1.29, 1.82) is 0 Å². The summed E-state index contributed by atoms with van der Waals surface area (Å²) in [5.41, 5.74) is 15.0. The second-order valence-electron chi connectivity index (χ2n) is 11.7. The number of rotatable bonds is 2. The summed E-state index contributed by atoms with van der Waals surface area (Å²) in [6.45, 7) is 0. The molecular weight excluding hydrogens is 488 g/mol. The highest BCUT2D eigenvalue weighted by atomic mass is 16.3. The minimum absolute atomic E-state index is 0.738. The van der Waals surface area contributed by atoms with Crippen molar-refractivity contribution in [2.24, 2.45) is 0 Å². The first-order chi connectivity index (χ1) is 19.8. The third-order valence-electron chi connectivity index (χ3n) is 9.72. The number of furan rings is 1. The Bertz CT molecular complexity index is 2500. The lowest BCUT2D eigenvalue weighted by atomic mass is 9.90. The van der Waals surface area contributed by atoms with Gasteiger partial charge < -0.3 is 4.42 Å². The fourth-order valence-corrected chi connectivity index (χ4v) is 8.18. The van der Waals surface area contributed by atoms with E-state index in [1.165, 1.54) is 82.4 Å². The van der Waals surface area contributed by atoms with Crippen LogP contribution in [0.25, 0.3) is 76.9 Å². The van der Waals surface area contributed by atoms with Gasteiger partial charge in [-0.05, 0) is 120 Å². The van der Waals surface area contributed by atoms with Crippen LogP contribution in [0.3, 0.4) is 0 Å². The Hall–Kier alpha value is -5.02. The van der Waals surface area contributed by atoms with Crippen molar-refractivity contribution >= 4 is 54.4 Å². The average molecular weight is 509 g/mol. The van der Waals surface area contributed by atoms with E-state index in [4.69, 9.17) is 14.4 Å². The molecule has 0 fully saturated rings. The molecule has 2 aromatic heterocycles. The van der Waals surface area contributed by atoms with Crippen LogP contribution in [0, 0.1) is 0 Å². The second-order valence-corrected chi connectivity index (χ2v) is 11.7. The fourth-order valence-electron chi connectivity index (χ4n) is 8.18. The van der Waals surface area contributed by atoms with Gasteiger partial charge in [0.1, 0.15) is 11.1 Å². The molecule has 0 spiro atoms. The first-order valence-electron chi connectivity index (χ1n) is 14.1. The van der Waals surface area contributed by atoms with Crippen LogP contribution in [-0.2, 0) is 19.3 Å². The van der Waals surface area contributed by atoms with Crippen molar-refractivity contribution < 1.29 is 4.42 Å². The summed E-state index contributed by atoms with van der Waals surface area (Å²) in [5, 5.41) is 9.95. The Morgan fingerprint density at radius 1 is 0.550 bits per heavy atom. The number of nitrogens with zero attached hydrogens (tertiary/aromatic N) is 2. The maximum Gasteiger partial charge on any atom is 0.172 e. The largest absolute Gasteiger partial charge is 0.453 e. The summed E-state index contributed by atoms with van der Waals surface area (Å²) in [4.78, 5) is 10.0. The molecular formula is C37H20N2O. The minimum atomic E-state index is 0.738. The molecule has 3 heteroatoms. The van der Waals surface area contributed by atoms with Crippen LogP contribution in [0.4, 0.5) is 0 Å². The van der Waals surface area contributed by atoms with E-state index in [9.17, 15) is 0 Å². The normalized spacial score (nSPS) is 14.2. The summed E-state index contributed by atoms with van der Waals surface area (Å²) in [6.07, 6.45) is 4.75. The number of aromatic nitrogens is 2. The number of fused-ring (bicyclic) bond motifs is 3. The van der Waals surface area contributed by atoms with Gasteiger partial charge in [0.2, 0.25) is 0 Å². The maximum absolute atomic E-state index is 6.06. The zero-order chi connectivity index (χ0) is 25.7. The van der Waals surface area contributed by atoms with Crippen LogP contribution in [0.15, 0.2) is 89.5 Å². The number of hydrogen-bond acceptors (Lipinski definition) is 3. The van der Waals surface area contributed by atoms with Crippen LogP contribution in [0.1, 0.15) is 33.4 Å². The Kier molecular flexibility index (Phi) is 3.28. The summed E-state index contributed by atoms with van der Waals surface area (Å²) in [6, 6.07) is 28.7. The maximum atomic E-state index is 6.06. The molecule has 0 saturated heterocycles. The monoisotopic (exact) mass is 508 g/mol. The number of hydrogen-bond donors (Lipinski definition) is 0. The first kappa shape index (κ1) is 20.0. The Balaban J connectivity index is 1.28. The molecule has 2 heterocycles. The summed E-state index contributed by atoms with van der Waals surface area (Å²) in [7, 11) is 0. The van der Waals surface area contributed by atoms with Gasteiger partial charge in [-0.15, -0.1) is 0 Å². The third-order valence-corrected chi connectivity index (χ3v) is 9.72. The Morgan fingerprint density at radius 2 is 1.20 bits per heavy atom. The molecule has 3 aliphatic rings. The number of para-hydroxylation sites is 1. The van der Waals surface area contributed by atoms with Gasteiger partial charge in [0, 0.05) is 10.9 Å². The van der Waals surface area contributed by atoms with Gasteiger partial charge in [-0.1, -0.05) is 54.6 Å². The smallest absolute Gasteiger partial charge is 0.172 e.